The van der Waals surface area contributed by atoms with Crippen LogP contribution in [0, 0.1) is 24.0 Å². The Kier molecular flexibility index (Phi) is 3.46. The molecule has 0 atom stereocenters. The van der Waals surface area contributed by atoms with Crippen molar-refractivity contribution in [1.29, 1.82) is 0 Å². The summed E-state index contributed by atoms with van der Waals surface area (Å²) in [4.78, 5) is 17.8. The number of aromatic amines is 1. The van der Waals surface area contributed by atoms with Crippen molar-refractivity contribution >= 4 is 39.6 Å². The summed E-state index contributed by atoms with van der Waals surface area (Å²) in [5, 5.41) is 15.6. The van der Waals surface area contributed by atoms with E-state index in [0.717, 1.165) is 22.2 Å². The van der Waals surface area contributed by atoms with Crippen LogP contribution in [0.25, 0.3) is 10.9 Å². The smallest absolute Gasteiger partial charge is 0.295 e. The maximum atomic E-state index is 11.1. The number of halogens is 1. The molecule has 0 saturated heterocycles. The van der Waals surface area contributed by atoms with Crippen molar-refractivity contribution in [2.75, 3.05) is 5.32 Å². The quantitative estimate of drug-likeness (QED) is 0.551. The molecule has 1 aromatic carbocycles. The Balaban J connectivity index is 2.09. The Morgan fingerprint density at radius 1 is 1.36 bits per heavy atom. The highest BCUT2D eigenvalue weighted by molar-refractivity contribution is 6.35. The average Bonchev–Trinajstić information content (AvgIpc) is 2.76. The fraction of sp³-hybridized carbons (Fsp3) is 0.133. The van der Waals surface area contributed by atoms with Gasteiger partial charge in [0.05, 0.1) is 21.7 Å². The van der Waals surface area contributed by atoms with Crippen molar-refractivity contribution in [3.63, 3.8) is 0 Å². The van der Waals surface area contributed by atoms with Gasteiger partial charge in [-0.2, -0.15) is 0 Å². The van der Waals surface area contributed by atoms with Gasteiger partial charge in [0.15, 0.2) is 0 Å². The molecule has 2 heterocycles. The fourth-order valence-electron chi connectivity index (χ4n) is 2.38. The molecular weight excluding hydrogens is 304 g/mol. The number of nitro groups is 1. The predicted molar refractivity (Wildman–Crippen MR) is 87.0 cm³/mol. The van der Waals surface area contributed by atoms with E-state index in [1.54, 1.807) is 6.07 Å². The van der Waals surface area contributed by atoms with Crippen molar-refractivity contribution in [2.45, 2.75) is 13.8 Å². The third-order valence-electron chi connectivity index (χ3n) is 3.64. The monoisotopic (exact) mass is 316 g/mol. The second kappa shape index (κ2) is 5.31. The van der Waals surface area contributed by atoms with Crippen molar-refractivity contribution in [3.8, 4) is 0 Å². The number of anilines is 2. The number of fused-ring (bicyclic) bond motifs is 1. The molecule has 3 aromatic rings. The first-order valence-electron chi connectivity index (χ1n) is 6.61. The Hall–Kier alpha value is -2.60. The molecule has 2 N–H and O–H groups in total. The first-order chi connectivity index (χ1) is 10.5. The van der Waals surface area contributed by atoms with Gasteiger partial charge in [-0.15, -0.1) is 0 Å². The highest BCUT2D eigenvalue weighted by Gasteiger charge is 2.15. The molecule has 112 valence electrons. The highest BCUT2D eigenvalue weighted by Crippen LogP contribution is 2.33. The summed E-state index contributed by atoms with van der Waals surface area (Å²) in [6.07, 6.45) is 2.81. The van der Waals surface area contributed by atoms with Gasteiger partial charge in [-0.05, 0) is 31.5 Å². The van der Waals surface area contributed by atoms with E-state index >= 15 is 0 Å². The topological polar surface area (TPSA) is 83.8 Å². The number of pyridine rings is 1. The first-order valence-corrected chi connectivity index (χ1v) is 6.99. The number of hydrogen-bond donors (Lipinski definition) is 2. The summed E-state index contributed by atoms with van der Waals surface area (Å²) in [6.45, 7) is 3.98. The summed E-state index contributed by atoms with van der Waals surface area (Å²) in [6, 6.07) is 5.00. The first kappa shape index (κ1) is 14.3. The van der Waals surface area contributed by atoms with E-state index in [2.05, 4.69) is 15.3 Å². The molecule has 6 nitrogen and oxygen atoms in total. The van der Waals surface area contributed by atoms with Gasteiger partial charge in [-0.25, -0.2) is 0 Å². The van der Waals surface area contributed by atoms with E-state index in [1.165, 1.54) is 18.5 Å². The Morgan fingerprint density at radius 2 is 2.14 bits per heavy atom. The van der Waals surface area contributed by atoms with Crippen LogP contribution in [0.4, 0.5) is 17.1 Å². The van der Waals surface area contributed by atoms with Crippen molar-refractivity contribution in [3.05, 3.63) is 57.0 Å². The molecule has 0 saturated carbocycles. The minimum Gasteiger partial charge on any atom is -0.357 e. The van der Waals surface area contributed by atoms with Crippen LogP contribution in [-0.4, -0.2) is 14.9 Å². The van der Waals surface area contributed by atoms with E-state index in [9.17, 15) is 10.1 Å². The maximum absolute atomic E-state index is 11.1. The van der Waals surface area contributed by atoms with Crippen LogP contribution in [0.15, 0.2) is 30.6 Å². The van der Waals surface area contributed by atoms with E-state index in [-0.39, 0.29) is 5.69 Å². The molecule has 0 spiro atoms. The molecule has 0 amide bonds. The molecule has 0 fully saturated rings. The summed E-state index contributed by atoms with van der Waals surface area (Å²) in [7, 11) is 0. The number of aromatic nitrogens is 2. The van der Waals surface area contributed by atoms with Gasteiger partial charge in [0.25, 0.3) is 5.69 Å². The van der Waals surface area contributed by atoms with Gasteiger partial charge >= 0.3 is 0 Å². The summed E-state index contributed by atoms with van der Waals surface area (Å²) < 4.78 is 0. The van der Waals surface area contributed by atoms with Crippen molar-refractivity contribution in [1.82, 2.24) is 9.97 Å². The van der Waals surface area contributed by atoms with Crippen LogP contribution in [0.3, 0.4) is 0 Å². The molecule has 0 bridgehead atoms. The molecule has 0 unspecified atom stereocenters. The maximum Gasteiger partial charge on any atom is 0.295 e. The minimum atomic E-state index is -0.449. The van der Waals surface area contributed by atoms with E-state index in [4.69, 9.17) is 11.6 Å². The van der Waals surface area contributed by atoms with Crippen LogP contribution >= 0.6 is 11.6 Å². The van der Waals surface area contributed by atoms with Crippen LogP contribution in [0.5, 0.6) is 0 Å². The number of nitrogens with zero attached hydrogens (tertiary/aromatic N) is 2. The Bertz CT molecular complexity index is 889. The number of rotatable bonds is 3. The second-order valence-corrected chi connectivity index (χ2v) is 5.44. The third kappa shape index (κ3) is 2.37. The lowest BCUT2D eigenvalue weighted by atomic mass is 10.1. The van der Waals surface area contributed by atoms with Gasteiger partial charge in [0.1, 0.15) is 5.69 Å². The van der Waals surface area contributed by atoms with E-state index < -0.39 is 4.92 Å². The summed E-state index contributed by atoms with van der Waals surface area (Å²) in [5.41, 5.74) is 3.97. The molecule has 0 radical (unpaired) electrons. The molecule has 2 aromatic heterocycles. The van der Waals surface area contributed by atoms with Gasteiger partial charge in [0, 0.05) is 29.0 Å². The molecule has 7 heteroatoms. The number of hydrogen-bond acceptors (Lipinski definition) is 4. The standard InChI is InChI=1S/C15H13ClN4O2/c1-8-9(2)18-15-11(8)5-10(6-12(15)16)19-13-7-17-4-3-14(13)20(21)22/h3-7,18-19H,1-2H3. The fourth-order valence-corrected chi connectivity index (χ4v) is 2.65. The minimum absolute atomic E-state index is 0.0341. The number of aryl methyl sites for hydroxylation is 2. The largest absolute Gasteiger partial charge is 0.357 e. The Labute approximate surface area is 131 Å². The van der Waals surface area contributed by atoms with Gasteiger partial charge in [-0.1, -0.05) is 11.6 Å². The summed E-state index contributed by atoms with van der Waals surface area (Å²) in [5.74, 6) is 0. The lowest BCUT2D eigenvalue weighted by Gasteiger charge is -2.08. The van der Waals surface area contributed by atoms with Crippen LogP contribution in [0.1, 0.15) is 11.3 Å². The zero-order chi connectivity index (χ0) is 15.9. The lowest BCUT2D eigenvalue weighted by Crippen LogP contribution is -1.97. The number of benzene rings is 1. The normalized spacial score (nSPS) is 10.9. The highest BCUT2D eigenvalue weighted by atomic mass is 35.5. The van der Waals surface area contributed by atoms with Gasteiger partial charge in [-0.3, -0.25) is 15.1 Å². The van der Waals surface area contributed by atoms with Crippen LogP contribution < -0.4 is 5.32 Å². The molecule has 0 aliphatic rings. The number of H-pyrrole nitrogens is 1. The average molecular weight is 317 g/mol. The van der Waals surface area contributed by atoms with Crippen molar-refractivity contribution in [2.24, 2.45) is 0 Å². The molecule has 22 heavy (non-hydrogen) atoms. The number of nitrogens with one attached hydrogen (secondary N) is 2. The zero-order valence-corrected chi connectivity index (χ0v) is 12.7. The van der Waals surface area contributed by atoms with Gasteiger partial charge in [0.2, 0.25) is 0 Å². The Morgan fingerprint density at radius 3 is 2.86 bits per heavy atom. The SMILES string of the molecule is Cc1[nH]c2c(Cl)cc(Nc3cnccc3[N+](=O)[O-])cc2c1C. The third-order valence-corrected chi connectivity index (χ3v) is 3.94. The molecule has 0 aliphatic heterocycles. The molecule has 3 rings (SSSR count). The predicted octanol–water partition coefficient (Wildman–Crippen LogP) is 4.48. The van der Waals surface area contributed by atoms with E-state index in [0.29, 0.717) is 16.4 Å². The van der Waals surface area contributed by atoms with Crippen LogP contribution in [-0.2, 0) is 0 Å². The molecule has 0 aliphatic carbocycles. The van der Waals surface area contributed by atoms with Crippen LogP contribution in [0.2, 0.25) is 5.02 Å². The molecular formula is C15H13ClN4O2. The second-order valence-electron chi connectivity index (χ2n) is 5.03. The van der Waals surface area contributed by atoms with E-state index in [1.807, 2.05) is 19.9 Å². The summed E-state index contributed by atoms with van der Waals surface area (Å²) >= 11 is 6.30. The van der Waals surface area contributed by atoms with Crippen molar-refractivity contribution < 1.29 is 4.92 Å². The van der Waals surface area contributed by atoms with Gasteiger partial charge < -0.3 is 10.3 Å². The lowest BCUT2D eigenvalue weighted by molar-refractivity contribution is -0.384. The zero-order valence-electron chi connectivity index (χ0n) is 12.0.